The van der Waals surface area contributed by atoms with E-state index in [0.717, 1.165) is 27.8 Å². The second-order valence-corrected chi connectivity index (χ2v) is 5.75. The standard InChI is InChI=1S/C22H16O/c23-21-15-14-17-10-4-5-12-19(17)22(21)20-13-7-6-11-18(20)16-8-2-1-3-9-16/h1-15,22H. The van der Waals surface area contributed by atoms with E-state index in [9.17, 15) is 4.79 Å². The molecule has 0 saturated heterocycles. The molecule has 3 aromatic rings. The van der Waals surface area contributed by atoms with Gasteiger partial charge in [-0.25, -0.2) is 0 Å². The number of allylic oxidation sites excluding steroid dienone is 1. The van der Waals surface area contributed by atoms with Crippen molar-refractivity contribution in [2.24, 2.45) is 0 Å². The predicted molar refractivity (Wildman–Crippen MR) is 94.2 cm³/mol. The molecule has 0 bridgehead atoms. The van der Waals surface area contributed by atoms with E-state index in [2.05, 4.69) is 36.4 Å². The average molecular weight is 296 g/mol. The molecule has 1 heteroatoms. The maximum atomic E-state index is 12.7. The smallest absolute Gasteiger partial charge is 0.167 e. The molecule has 0 spiro atoms. The quantitative estimate of drug-likeness (QED) is 0.644. The molecule has 0 amide bonds. The molecule has 23 heavy (non-hydrogen) atoms. The highest BCUT2D eigenvalue weighted by Gasteiger charge is 2.27. The van der Waals surface area contributed by atoms with Crippen LogP contribution >= 0.6 is 0 Å². The minimum Gasteiger partial charge on any atom is -0.294 e. The summed E-state index contributed by atoms with van der Waals surface area (Å²) >= 11 is 0. The van der Waals surface area contributed by atoms with Crippen molar-refractivity contribution in [2.75, 3.05) is 0 Å². The molecule has 4 rings (SSSR count). The van der Waals surface area contributed by atoms with Crippen molar-refractivity contribution in [1.29, 1.82) is 0 Å². The second kappa shape index (κ2) is 5.69. The van der Waals surface area contributed by atoms with Gasteiger partial charge in [0.2, 0.25) is 0 Å². The molecule has 0 heterocycles. The van der Waals surface area contributed by atoms with E-state index >= 15 is 0 Å². The van der Waals surface area contributed by atoms with Crippen molar-refractivity contribution in [3.8, 4) is 11.1 Å². The SMILES string of the molecule is O=C1C=Cc2ccccc2C1c1ccccc1-c1ccccc1. The van der Waals surface area contributed by atoms with Gasteiger partial charge in [-0.05, 0) is 33.9 Å². The summed E-state index contributed by atoms with van der Waals surface area (Å²) in [6.07, 6.45) is 3.62. The van der Waals surface area contributed by atoms with E-state index in [4.69, 9.17) is 0 Å². The zero-order valence-electron chi connectivity index (χ0n) is 12.6. The Kier molecular flexibility index (Phi) is 3.39. The summed E-state index contributed by atoms with van der Waals surface area (Å²) in [5.74, 6) is -0.0836. The van der Waals surface area contributed by atoms with Crippen molar-refractivity contribution in [1.82, 2.24) is 0 Å². The predicted octanol–water partition coefficient (Wildman–Crippen LogP) is 5.08. The van der Waals surface area contributed by atoms with Crippen LogP contribution in [0.5, 0.6) is 0 Å². The summed E-state index contributed by atoms with van der Waals surface area (Å²) in [7, 11) is 0. The molecule has 1 aliphatic carbocycles. The molecule has 0 aromatic heterocycles. The number of carbonyl (C=O) groups excluding carboxylic acids is 1. The highest BCUT2D eigenvalue weighted by Crippen LogP contribution is 2.37. The van der Waals surface area contributed by atoms with Gasteiger partial charge in [0, 0.05) is 0 Å². The summed E-state index contributed by atoms with van der Waals surface area (Å²) in [4.78, 5) is 12.7. The van der Waals surface area contributed by atoms with Gasteiger partial charge in [0.05, 0.1) is 5.92 Å². The number of rotatable bonds is 2. The highest BCUT2D eigenvalue weighted by molar-refractivity contribution is 6.05. The number of ketones is 1. The van der Waals surface area contributed by atoms with Crippen LogP contribution < -0.4 is 0 Å². The van der Waals surface area contributed by atoms with Crippen molar-refractivity contribution in [3.63, 3.8) is 0 Å². The third kappa shape index (κ3) is 2.40. The van der Waals surface area contributed by atoms with Gasteiger partial charge in [-0.15, -0.1) is 0 Å². The maximum absolute atomic E-state index is 12.7. The topological polar surface area (TPSA) is 17.1 Å². The van der Waals surface area contributed by atoms with Gasteiger partial charge >= 0.3 is 0 Å². The van der Waals surface area contributed by atoms with E-state index in [0.29, 0.717) is 0 Å². The zero-order valence-corrected chi connectivity index (χ0v) is 12.6. The van der Waals surface area contributed by atoms with E-state index in [-0.39, 0.29) is 11.7 Å². The second-order valence-electron chi connectivity index (χ2n) is 5.75. The molecule has 1 nitrogen and oxygen atoms in total. The lowest BCUT2D eigenvalue weighted by molar-refractivity contribution is -0.115. The first kappa shape index (κ1) is 13.7. The molecule has 0 aliphatic heterocycles. The number of benzene rings is 3. The monoisotopic (exact) mass is 296 g/mol. The van der Waals surface area contributed by atoms with Crippen LogP contribution in [0.15, 0.2) is 84.9 Å². The molecular weight excluding hydrogens is 280 g/mol. The van der Waals surface area contributed by atoms with Gasteiger partial charge in [-0.3, -0.25) is 4.79 Å². The molecule has 0 N–H and O–H groups in total. The lowest BCUT2D eigenvalue weighted by Gasteiger charge is -2.23. The van der Waals surface area contributed by atoms with Gasteiger partial charge in [0.15, 0.2) is 5.78 Å². The Hall–Kier alpha value is -2.93. The Bertz CT molecular complexity index is 891. The summed E-state index contributed by atoms with van der Waals surface area (Å²) < 4.78 is 0. The van der Waals surface area contributed by atoms with E-state index in [1.54, 1.807) is 6.08 Å². The molecule has 0 radical (unpaired) electrons. The van der Waals surface area contributed by atoms with Crippen LogP contribution in [0.2, 0.25) is 0 Å². The van der Waals surface area contributed by atoms with Crippen LogP contribution in [0.25, 0.3) is 17.2 Å². The van der Waals surface area contributed by atoms with Crippen molar-refractivity contribution in [2.45, 2.75) is 5.92 Å². The number of fused-ring (bicyclic) bond motifs is 1. The number of hydrogen-bond acceptors (Lipinski definition) is 1. The molecule has 1 atom stereocenters. The molecule has 110 valence electrons. The minimum atomic E-state index is -0.229. The molecule has 1 aliphatic rings. The molecular formula is C22H16O. The minimum absolute atomic E-state index is 0.145. The zero-order chi connectivity index (χ0) is 15.6. The summed E-state index contributed by atoms with van der Waals surface area (Å²) in [6, 6.07) is 26.6. The fraction of sp³-hybridized carbons (Fsp3) is 0.0455. The molecule has 0 fully saturated rings. The Labute approximate surface area is 135 Å². The fourth-order valence-electron chi connectivity index (χ4n) is 3.30. The third-order valence-electron chi connectivity index (χ3n) is 4.38. The van der Waals surface area contributed by atoms with Gasteiger partial charge in [-0.1, -0.05) is 84.9 Å². The van der Waals surface area contributed by atoms with Gasteiger partial charge in [-0.2, -0.15) is 0 Å². The maximum Gasteiger partial charge on any atom is 0.167 e. The lowest BCUT2D eigenvalue weighted by Crippen LogP contribution is -2.16. The Balaban J connectivity index is 1.92. The first-order valence-electron chi connectivity index (χ1n) is 7.80. The van der Waals surface area contributed by atoms with Gasteiger partial charge in [0.25, 0.3) is 0 Å². The van der Waals surface area contributed by atoms with E-state index in [1.807, 2.05) is 48.5 Å². The van der Waals surface area contributed by atoms with Crippen LogP contribution in [0.1, 0.15) is 22.6 Å². The van der Waals surface area contributed by atoms with Gasteiger partial charge < -0.3 is 0 Å². The van der Waals surface area contributed by atoms with Crippen molar-refractivity contribution < 1.29 is 4.79 Å². The van der Waals surface area contributed by atoms with Gasteiger partial charge in [0.1, 0.15) is 0 Å². The highest BCUT2D eigenvalue weighted by atomic mass is 16.1. The average Bonchev–Trinajstić information content (AvgIpc) is 2.62. The van der Waals surface area contributed by atoms with Crippen LogP contribution in [-0.2, 0) is 4.79 Å². The number of carbonyl (C=O) groups is 1. The molecule has 3 aromatic carbocycles. The number of hydrogen-bond donors (Lipinski definition) is 0. The first-order chi connectivity index (χ1) is 11.3. The first-order valence-corrected chi connectivity index (χ1v) is 7.80. The van der Waals surface area contributed by atoms with Crippen LogP contribution in [0.4, 0.5) is 0 Å². The molecule has 0 saturated carbocycles. The van der Waals surface area contributed by atoms with Crippen LogP contribution in [0, 0.1) is 0 Å². The van der Waals surface area contributed by atoms with Crippen molar-refractivity contribution in [3.05, 3.63) is 102 Å². The lowest BCUT2D eigenvalue weighted by atomic mass is 9.79. The Morgan fingerprint density at radius 1 is 0.609 bits per heavy atom. The Morgan fingerprint density at radius 2 is 1.26 bits per heavy atom. The summed E-state index contributed by atoms with van der Waals surface area (Å²) in [6.45, 7) is 0. The summed E-state index contributed by atoms with van der Waals surface area (Å²) in [5, 5.41) is 0. The Morgan fingerprint density at radius 3 is 2.09 bits per heavy atom. The van der Waals surface area contributed by atoms with Crippen molar-refractivity contribution >= 4 is 11.9 Å². The van der Waals surface area contributed by atoms with Crippen LogP contribution in [0.3, 0.4) is 0 Å². The normalized spacial score (nSPS) is 16.2. The molecule has 1 unspecified atom stereocenters. The largest absolute Gasteiger partial charge is 0.294 e. The van der Waals surface area contributed by atoms with Crippen LogP contribution in [-0.4, -0.2) is 5.78 Å². The fourth-order valence-corrected chi connectivity index (χ4v) is 3.30. The third-order valence-corrected chi connectivity index (χ3v) is 4.38. The summed E-state index contributed by atoms with van der Waals surface area (Å²) in [5.41, 5.74) is 5.54. The van der Waals surface area contributed by atoms with E-state index in [1.165, 1.54) is 0 Å². The van der Waals surface area contributed by atoms with E-state index < -0.39 is 0 Å².